The number of nitro groups is 1. The van der Waals surface area contributed by atoms with Crippen molar-refractivity contribution in [1.29, 1.82) is 5.26 Å². The highest BCUT2D eigenvalue weighted by atomic mass is 16.6. The van der Waals surface area contributed by atoms with E-state index in [0.717, 1.165) is 5.56 Å². The average molecular weight is 229 g/mol. The smallest absolute Gasteiger partial charge is 0.258 e. The Bertz CT molecular complexity index is 581. The van der Waals surface area contributed by atoms with E-state index >= 15 is 0 Å². The number of rotatable bonds is 3. The van der Waals surface area contributed by atoms with Crippen molar-refractivity contribution in [2.45, 2.75) is 6.54 Å². The third-order valence-electron chi connectivity index (χ3n) is 2.13. The highest BCUT2D eigenvalue weighted by Gasteiger charge is 2.05. The Morgan fingerprint density at radius 3 is 2.65 bits per heavy atom. The summed E-state index contributed by atoms with van der Waals surface area (Å²) in [5.41, 5.74) is 0.898. The van der Waals surface area contributed by atoms with E-state index in [1.165, 1.54) is 23.1 Å². The largest absolute Gasteiger partial charge is 0.269 e. The van der Waals surface area contributed by atoms with Crippen LogP contribution in [0.15, 0.2) is 30.6 Å². The molecule has 0 saturated heterocycles. The topological polar surface area (TPSA) is 97.6 Å². The summed E-state index contributed by atoms with van der Waals surface area (Å²) in [6, 6.07) is 7.97. The fourth-order valence-electron chi connectivity index (χ4n) is 1.33. The van der Waals surface area contributed by atoms with Crippen LogP contribution >= 0.6 is 0 Å². The van der Waals surface area contributed by atoms with Gasteiger partial charge in [0.05, 0.1) is 11.5 Å². The van der Waals surface area contributed by atoms with Crippen molar-refractivity contribution >= 4 is 5.69 Å². The van der Waals surface area contributed by atoms with Crippen molar-refractivity contribution in [3.05, 3.63) is 52.1 Å². The van der Waals surface area contributed by atoms with Crippen LogP contribution in [0, 0.1) is 21.4 Å². The van der Waals surface area contributed by atoms with E-state index in [-0.39, 0.29) is 11.5 Å². The molecule has 0 aliphatic carbocycles. The van der Waals surface area contributed by atoms with E-state index in [4.69, 9.17) is 5.26 Å². The van der Waals surface area contributed by atoms with Crippen LogP contribution in [0.3, 0.4) is 0 Å². The zero-order valence-electron chi connectivity index (χ0n) is 8.65. The van der Waals surface area contributed by atoms with Crippen molar-refractivity contribution in [1.82, 2.24) is 14.8 Å². The van der Waals surface area contributed by atoms with Gasteiger partial charge < -0.3 is 0 Å². The summed E-state index contributed by atoms with van der Waals surface area (Å²) in [5.74, 6) is 0.104. The van der Waals surface area contributed by atoms with Crippen molar-refractivity contribution in [3.8, 4) is 6.07 Å². The van der Waals surface area contributed by atoms with Gasteiger partial charge in [-0.25, -0.2) is 9.67 Å². The Morgan fingerprint density at radius 2 is 2.12 bits per heavy atom. The van der Waals surface area contributed by atoms with Gasteiger partial charge in [0.2, 0.25) is 0 Å². The van der Waals surface area contributed by atoms with E-state index in [9.17, 15) is 10.1 Å². The van der Waals surface area contributed by atoms with Crippen molar-refractivity contribution in [2.75, 3.05) is 0 Å². The molecule has 2 aromatic rings. The number of aromatic nitrogens is 3. The van der Waals surface area contributed by atoms with Crippen LogP contribution in [-0.4, -0.2) is 19.7 Å². The van der Waals surface area contributed by atoms with Gasteiger partial charge in [0.25, 0.3) is 11.5 Å². The summed E-state index contributed by atoms with van der Waals surface area (Å²) in [6.07, 6.45) is 1.44. The molecule has 0 spiro atoms. The van der Waals surface area contributed by atoms with Gasteiger partial charge in [-0.1, -0.05) is 12.1 Å². The van der Waals surface area contributed by atoms with Gasteiger partial charge in [0.1, 0.15) is 12.4 Å². The molecular weight excluding hydrogens is 222 g/mol. The van der Waals surface area contributed by atoms with Crippen LogP contribution in [0.1, 0.15) is 11.4 Å². The minimum absolute atomic E-state index is 0.0463. The quantitative estimate of drug-likeness (QED) is 0.579. The van der Waals surface area contributed by atoms with Gasteiger partial charge in [-0.15, -0.1) is 5.10 Å². The van der Waals surface area contributed by atoms with Crippen LogP contribution in [-0.2, 0) is 6.54 Å². The molecule has 7 heteroatoms. The second kappa shape index (κ2) is 4.40. The monoisotopic (exact) mass is 229 g/mol. The predicted molar refractivity (Wildman–Crippen MR) is 56.9 cm³/mol. The van der Waals surface area contributed by atoms with Crippen molar-refractivity contribution in [3.63, 3.8) is 0 Å². The first-order chi connectivity index (χ1) is 8.19. The second-order valence-corrected chi connectivity index (χ2v) is 3.30. The maximum absolute atomic E-state index is 10.5. The number of nitro benzene ring substituents is 1. The van der Waals surface area contributed by atoms with Gasteiger partial charge in [0.15, 0.2) is 0 Å². The van der Waals surface area contributed by atoms with E-state index in [1.807, 2.05) is 6.07 Å². The third-order valence-corrected chi connectivity index (χ3v) is 2.13. The van der Waals surface area contributed by atoms with Gasteiger partial charge in [0, 0.05) is 12.1 Å². The summed E-state index contributed by atoms with van der Waals surface area (Å²) in [7, 11) is 0. The SMILES string of the molecule is N#Cc1ncn(Cc2ccc([N+](=O)[O-])cc2)n1. The minimum Gasteiger partial charge on any atom is -0.258 e. The van der Waals surface area contributed by atoms with Gasteiger partial charge >= 0.3 is 0 Å². The Labute approximate surface area is 96.1 Å². The number of nitriles is 1. The Balaban J connectivity index is 2.14. The highest BCUT2D eigenvalue weighted by molar-refractivity contribution is 5.32. The Kier molecular flexibility index (Phi) is 2.79. The molecule has 1 aromatic carbocycles. The molecule has 0 radical (unpaired) electrons. The van der Waals surface area contributed by atoms with Crippen LogP contribution in [0.2, 0.25) is 0 Å². The standard InChI is InChI=1S/C10H7N5O2/c11-5-10-12-7-14(13-10)6-8-1-3-9(4-2-8)15(16)17/h1-4,7H,6H2. The number of benzene rings is 1. The maximum atomic E-state index is 10.5. The first-order valence-electron chi connectivity index (χ1n) is 4.72. The van der Waals surface area contributed by atoms with E-state index in [2.05, 4.69) is 10.1 Å². The molecule has 0 aliphatic rings. The second-order valence-electron chi connectivity index (χ2n) is 3.30. The molecule has 2 rings (SSSR count). The third kappa shape index (κ3) is 2.43. The summed E-state index contributed by atoms with van der Waals surface area (Å²) in [5, 5.41) is 22.9. The van der Waals surface area contributed by atoms with E-state index < -0.39 is 4.92 Å². The molecule has 0 bridgehead atoms. The molecule has 0 aliphatic heterocycles. The molecule has 84 valence electrons. The molecule has 0 saturated carbocycles. The minimum atomic E-state index is -0.451. The zero-order chi connectivity index (χ0) is 12.3. The molecule has 0 atom stereocenters. The van der Waals surface area contributed by atoms with E-state index in [0.29, 0.717) is 6.54 Å². The van der Waals surface area contributed by atoms with Crippen LogP contribution < -0.4 is 0 Å². The summed E-state index contributed by atoms with van der Waals surface area (Å²) < 4.78 is 1.50. The van der Waals surface area contributed by atoms with Gasteiger partial charge in [-0.05, 0) is 5.56 Å². The molecule has 0 N–H and O–H groups in total. The van der Waals surface area contributed by atoms with Crippen molar-refractivity contribution < 1.29 is 4.92 Å². The van der Waals surface area contributed by atoms with E-state index in [1.54, 1.807) is 12.1 Å². The molecule has 0 amide bonds. The average Bonchev–Trinajstić information content (AvgIpc) is 2.77. The Hall–Kier alpha value is -2.75. The number of non-ortho nitro benzene ring substituents is 1. The van der Waals surface area contributed by atoms with Gasteiger partial charge in [-0.2, -0.15) is 5.26 Å². The summed E-state index contributed by atoms with van der Waals surface area (Å²) in [6.45, 7) is 0.423. The molecule has 0 fully saturated rings. The number of hydrogen-bond acceptors (Lipinski definition) is 5. The van der Waals surface area contributed by atoms with Gasteiger partial charge in [-0.3, -0.25) is 10.1 Å². The number of hydrogen-bond donors (Lipinski definition) is 0. The summed E-state index contributed by atoms with van der Waals surface area (Å²) >= 11 is 0. The van der Waals surface area contributed by atoms with Crippen LogP contribution in [0.5, 0.6) is 0 Å². The van der Waals surface area contributed by atoms with Crippen LogP contribution in [0.25, 0.3) is 0 Å². The molecule has 1 aromatic heterocycles. The van der Waals surface area contributed by atoms with Crippen LogP contribution in [0.4, 0.5) is 5.69 Å². The van der Waals surface area contributed by atoms with Crippen molar-refractivity contribution in [2.24, 2.45) is 0 Å². The molecule has 1 heterocycles. The zero-order valence-corrected chi connectivity index (χ0v) is 8.65. The molecular formula is C10H7N5O2. The lowest BCUT2D eigenvalue weighted by molar-refractivity contribution is -0.384. The molecule has 7 nitrogen and oxygen atoms in total. The lowest BCUT2D eigenvalue weighted by Gasteiger charge is -2.00. The Morgan fingerprint density at radius 1 is 1.41 bits per heavy atom. The maximum Gasteiger partial charge on any atom is 0.269 e. The lowest BCUT2D eigenvalue weighted by atomic mass is 10.2. The normalized spacial score (nSPS) is 9.82. The fourth-order valence-corrected chi connectivity index (χ4v) is 1.33. The summed E-state index contributed by atoms with van der Waals surface area (Å²) in [4.78, 5) is 13.8. The number of nitrogens with zero attached hydrogens (tertiary/aromatic N) is 5. The predicted octanol–water partition coefficient (Wildman–Crippen LogP) is 1.11. The first-order valence-corrected chi connectivity index (χ1v) is 4.72. The molecule has 0 unspecified atom stereocenters. The highest BCUT2D eigenvalue weighted by Crippen LogP contribution is 2.12. The lowest BCUT2D eigenvalue weighted by Crippen LogP contribution is -2.00. The molecule has 17 heavy (non-hydrogen) atoms. The fraction of sp³-hybridized carbons (Fsp3) is 0.100. The first kappa shape index (κ1) is 10.8.